The van der Waals surface area contributed by atoms with E-state index in [-0.39, 0.29) is 17.5 Å². The minimum absolute atomic E-state index is 0.131. The molecule has 1 atom stereocenters. The smallest absolute Gasteiger partial charge is 0.152 e. The summed E-state index contributed by atoms with van der Waals surface area (Å²) < 4.78 is 25.0. The molecule has 0 aromatic carbocycles. The highest BCUT2D eigenvalue weighted by Crippen LogP contribution is 2.35. The normalized spacial score (nSPS) is 21.0. The summed E-state index contributed by atoms with van der Waals surface area (Å²) in [7, 11) is -2.94. The maximum absolute atomic E-state index is 11.6. The molecule has 0 amide bonds. The van der Waals surface area contributed by atoms with Gasteiger partial charge in [-0.25, -0.2) is 13.1 Å². The number of anilines is 1. The van der Waals surface area contributed by atoms with Gasteiger partial charge in [0.05, 0.1) is 22.4 Å². The third-order valence-electron chi connectivity index (χ3n) is 3.99. The first-order valence-corrected chi connectivity index (χ1v) is 9.69. The van der Waals surface area contributed by atoms with Crippen molar-refractivity contribution in [1.82, 2.24) is 9.78 Å². The van der Waals surface area contributed by atoms with Crippen molar-refractivity contribution in [2.75, 3.05) is 17.2 Å². The molecule has 1 fully saturated rings. The van der Waals surface area contributed by atoms with Gasteiger partial charge >= 0.3 is 0 Å². The highest BCUT2D eigenvalue weighted by molar-refractivity contribution is 7.91. The molecular formula is C14H19N3O2S2. The van der Waals surface area contributed by atoms with Crippen LogP contribution in [-0.2, 0) is 16.3 Å². The van der Waals surface area contributed by atoms with Crippen LogP contribution in [0.2, 0.25) is 0 Å². The molecule has 114 valence electrons. The Morgan fingerprint density at radius 3 is 2.81 bits per heavy atom. The van der Waals surface area contributed by atoms with E-state index in [2.05, 4.69) is 24.2 Å². The lowest BCUT2D eigenvalue weighted by Gasteiger charge is -2.10. The summed E-state index contributed by atoms with van der Waals surface area (Å²) in [5.74, 6) is 0.950. The van der Waals surface area contributed by atoms with Gasteiger partial charge in [-0.3, -0.25) is 0 Å². The van der Waals surface area contributed by atoms with Crippen LogP contribution >= 0.6 is 11.3 Å². The van der Waals surface area contributed by atoms with Crippen molar-refractivity contribution in [3.63, 3.8) is 0 Å². The summed E-state index contributed by atoms with van der Waals surface area (Å²) in [5, 5.41) is 4.61. The van der Waals surface area contributed by atoms with E-state index in [1.54, 1.807) is 16.0 Å². The Bertz CT molecular complexity index is 774. The van der Waals surface area contributed by atoms with Crippen molar-refractivity contribution >= 4 is 27.0 Å². The molecule has 21 heavy (non-hydrogen) atoms. The molecule has 3 heterocycles. The maximum Gasteiger partial charge on any atom is 0.152 e. The van der Waals surface area contributed by atoms with Gasteiger partial charge in [-0.05, 0) is 31.9 Å². The third kappa shape index (κ3) is 2.60. The second-order valence-electron chi connectivity index (χ2n) is 5.48. The molecule has 0 aliphatic carbocycles. The van der Waals surface area contributed by atoms with Crippen LogP contribution in [0, 0.1) is 6.92 Å². The Kier molecular flexibility index (Phi) is 3.57. The number of nitrogens with zero attached hydrogens (tertiary/aromatic N) is 2. The first-order valence-electron chi connectivity index (χ1n) is 7.05. The van der Waals surface area contributed by atoms with Crippen molar-refractivity contribution in [3.05, 3.63) is 22.6 Å². The lowest BCUT2D eigenvalue weighted by atomic mass is 10.2. The predicted molar refractivity (Wildman–Crippen MR) is 86.4 cm³/mol. The van der Waals surface area contributed by atoms with Gasteiger partial charge in [0.15, 0.2) is 9.84 Å². The first-order chi connectivity index (χ1) is 9.91. The van der Waals surface area contributed by atoms with Gasteiger partial charge < -0.3 is 5.73 Å². The molecule has 1 aliphatic rings. The molecule has 2 N–H and O–H groups in total. The second kappa shape index (κ2) is 5.14. The van der Waals surface area contributed by atoms with E-state index < -0.39 is 9.84 Å². The van der Waals surface area contributed by atoms with Crippen LogP contribution in [0.25, 0.3) is 10.6 Å². The number of thiophene rings is 1. The highest BCUT2D eigenvalue weighted by atomic mass is 32.2. The second-order valence-corrected chi connectivity index (χ2v) is 8.88. The molecule has 1 saturated heterocycles. The fourth-order valence-electron chi connectivity index (χ4n) is 2.71. The summed E-state index contributed by atoms with van der Waals surface area (Å²) >= 11 is 1.71. The molecule has 2 aromatic rings. The van der Waals surface area contributed by atoms with E-state index in [9.17, 15) is 8.42 Å². The largest absolute Gasteiger partial charge is 0.384 e. The topological polar surface area (TPSA) is 78.0 Å². The van der Waals surface area contributed by atoms with Gasteiger partial charge in [-0.2, -0.15) is 5.10 Å². The summed E-state index contributed by atoms with van der Waals surface area (Å²) in [6.07, 6.45) is 1.60. The number of aromatic nitrogens is 2. The van der Waals surface area contributed by atoms with Crippen molar-refractivity contribution in [2.24, 2.45) is 0 Å². The number of hydrogen-bond acceptors (Lipinski definition) is 5. The van der Waals surface area contributed by atoms with E-state index in [4.69, 9.17) is 5.73 Å². The Morgan fingerprint density at radius 1 is 1.48 bits per heavy atom. The van der Waals surface area contributed by atoms with Crippen LogP contribution in [0.5, 0.6) is 0 Å². The number of aryl methyl sites for hydroxylation is 1. The minimum atomic E-state index is -2.94. The van der Waals surface area contributed by atoms with E-state index in [1.807, 2.05) is 6.92 Å². The number of hydrogen-bond donors (Lipinski definition) is 1. The Labute approximate surface area is 128 Å². The fraction of sp³-hybridized carbons (Fsp3) is 0.500. The number of nitrogen functional groups attached to an aromatic ring is 1. The van der Waals surface area contributed by atoms with E-state index in [1.165, 1.54) is 4.88 Å². The summed E-state index contributed by atoms with van der Waals surface area (Å²) in [5.41, 5.74) is 7.97. The van der Waals surface area contributed by atoms with Gasteiger partial charge in [0.1, 0.15) is 11.5 Å². The van der Waals surface area contributed by atoms with Crippen LogP contribution in [0.3, 0.4) is 0 Å². The van der Waals surface area contributed by atoms with Gasteiger partial charge in [-0.15, -0.1) is 11.3 Å². The van der Waals surface area contributed by atoms with E-state index in [0.717, 1.165) is 22.6 Å². The standard InChI is InChI=1S/C14H19N3O2S2/c1-3-11-4-5-12(20-11)13-9(2)14(15)17(16-13)10-6-7-21(18,19)8-10/h4-5,10H,3,6-8,15H2,1-2H3. The van der Waals surface area contributed by atoms with Crippen LogP contribution in [0.4, 0.5) is 5.82 Å². The maximum atomic E-state index is 11.6. The summed E-state index contributed by atoms with van der Waals surface area (Å²) in [6, 6.07) is 4.04. The van der Waals surface area contributed by atoms with Crippen molar-refractivity contribution in [1.29, 1.82) is 0 Å². The Morgan fingerprint density at radius 2 is 2.24 bits per heavy atom. The van der Waals surface area contributed by atoms with Crippen LogP contribution < -0.4 is 5.73 Å². The first kappa shape index (κ1) is 14.6. The summed E-state index contributed by atoms with van der Waals surface area (Å²) in [6.45, 7) is 4.07. The van der Waals surface area contributed by atoms with E-state index >= 15 is 0 Å². The molecule has 2 aromatic heterocycles. The molecule has 0 bridgehead atoms. The molecule has 3 rings (SSSR count). The molecular weight excluding hydrogens is 306 g/mol. The minimum Gasteiger partial charge on any atom is -0.384 e. The lowest BCUT2D eigenvalue weighted by molar-refractivity contribution is 0.508. The summed E-state index contributed by atoms with van der Waals surface area (Å²) in [4.78, 5) is 2.40. The van der Waals surface area contributed by atoms with Gasteiger partial charge in [-0.1, -0.05) is 6.92 Å². The predicted octanol–water partition coefficient (Wildman–Crippen LogP) is 2.42. The molecule has 7 heteroatoms. The zero-order valence-corrected chi connectivity index (χ0v) is 13.8. The van der Waals surface area contributed by atoms with Gasteiger partial charge in [0.2, 0.25) is 0 Å². The van der Waals surface area contributed by atoms with Crippen LogP contribution in [0.15, 0.2) is 12.1 Å². The van der Waals surface area contributed by atoms with Crippen LogP contribution in [0.1, 0.15) is 29.8 Å². The number of rotatable bonds is 3. The number of sulfone groups is 1. The molecule has 1 aliphatic heterocycles. The third-order valence-corrected chi connectivity index (χ3v) is 6.98. The van der Waals surface area contributed by atoms with Crippen LogP contribution in [-0.4, -0.2) is 29.7 Å². The molecule has 0 radical (unpaired) electrons. The molecule has 0 spiro atoms. The highest BCUT2D eigenvalue weighted by Gasteiger charge is 2.32. The SMILES string of the molecule is CCc1ccc(-c2nn(C3CCS(=O)(=O)C3)c(N)c2C)s1. The average Bonchev–Trinajstić information content (AvgIpc) is 3.10. The average molecular weight is 325 g/mol. The Hall–Kier alpha value is -1.34. The Balaban J connectivity index is 1.99. The monoisotopic (exact) mass is 325 g/mol. The molecule has 0 saturated carbocycles. The van der Waals surface area contributed by atoms with Crippen molar-refractivity contribution < 1.29 is 8.42 Å². The molecule has 5 nitrogen and oxygen atoms in total. The van der Waals surface area contributed by atoms with Crippen molar-refractivity contribution in [3.8, 4) is 10.6 Å². The lowest BCUT2D eigenvalue weighted by Crippen LogP contribution is -2.14. The fourth-order valence-corrected chi connectivity index (χ4v) is 5.39. The molecule has 1 unspecified atom stereocenters. The van der Waals surface area contributed by atoms with Gasteiger partial charge in [0.25, 0.3) is 0 Å². The number of nitrogens with two attached hydrogens (primary N) is 1. The zero-order chi connectivity index (χ0) is 15.2. The quantitative estimate of drug-likeness (QED) is 0.940. The van der Waals surface area contributed by atoms with Gasteiger partial charge in [0, 0.05) is 10.4 Å². The van der Waals surface area contributed by atoms with Crippen molar-refractivity contribution in [2.45, 2.75) is 32.7 Å². The van der Waals surface area contributed by atoms with E-state index in [0.29, 0.717) is 12.2 Å². The zero-order valence-electron chi connectivity index (χ0n) is 12.2.